The Kier molecular flexibility index (Phi) is 5.98. The molecule has 1 unspecified atom stereocenters. The van der Waals surface area contributed by atoms with Crippen molar-refractivity contribution in [3.05, 3.63) is 59.7 Å². The SMILES string of the molecule is CSc1cc(COC(O)c2ccccc2)cc(SC)c1. The first-order valence-corrected chi connectivity index (χ1v) is 8.74. The van der Waals surface area contributed by atoms with E-state index in [1.165, 1.54) is 9.79 Å². The monoisotopic (exact) mass is 306 g/mol. The quantitative estimate of drug-likeness (QED) is 0.635. The summed E-state index contributed by atoms with van der Waals surface area (Å²) in [5.74, 6) is 0. The Labute approximate surface area is 128 Å². The maximum absolute atomic E-state index is 10.0. The van der Waals surface area contributed by atoms with Crippen LogP contribution in [-0.2, 0) is 11.3 Å². The van der Waals surface area contributed by atoms with Gasteiger partial charge in [0, 0.05) is 15.4 Å². The van der Waals surface area contributed by atoms with Gasteiger partial charge in [-0.15, -0.1) is 23.5 Å². The van der Waals surface area contributed by atoms with Crippen molar-refractivity contribution in [3.63, 3.8) is 0 Å². The van der Waals surface area contributed by atoms with Crippen LogP contribution in [0.4, 0.5) is 0 Å². The first-order valence-electron chi connectivity index (χ1n) is 6.29. The first-order chi connectivity index (χ1) is 9.72. The molecule has 2 aromatic rings. The molecule has 20 heavy (non-hydrogen) atoms. The number of ether oxygens (including phenoxy) is 1. The van der Waals surface area contributed by atoms with E-state index in [4.69, 9.17) is 4.74 Å². The summed E-state index contributed by atoms with van der Waals surface area (Å²) in [4.78, 5) is 2.43. The van der Waals surface area contributed by atoms with Crippen molar-refractivity contribution in [1.29, 1.82) is 0 Å². The van der Waals surface area contributed by atoms with Crippen molar-refractivity contribution < 1.29 is 9.84 Å². The second kappa shape index (κ2) is 7.74. The average Bonchev–Trinajstić information content (AvgIpc) is 2.53. The number of aliphatic hydroxyl groups excluding tert-OH is 1. The molecule has 0 saturated heterocycles. The van der Waals surface area contributed by atoms with E-state index in [2.05, 4.69) is 30.7 Å². The number of benzene rings is 2. The summed E-state index contributed by atoms with van der Waals surface area (Å²) in [5.41, 5.74) is 1.86. The minimum Gasteiger partial charge on any atom is -0.364 e. The molecule has 0 heterocycles. The van der Waals surface area contributed by atoms with Gasteiger partial charge in [0.1, 0.15) is 0 Å². The Morgan fingerprint density at radius 3 is 2.15 bits per heavy atom. The van der Waals surface area contributed by atoms with Gasteiger partial charge in [-0.05, 0) is 36.3 Å². The molecule has 2 nitrogen and oxygen atoms in total. The van der Waals surface area contributed by atoms with Crippen LogP contribution >= 0.6 is 23.5 Å². The number of aliphatic hydroxyl groups is 1. The summed E-state index contributed by atoms with van der Waals surface area (Å²) < 4.78 is 5.55. The molecule has 1 N–H and O–H groups in total. The van der Waals surface area contributed by atoms with Gasteiger partial charge in [0.25, 0.3) is 0 Å². The Bertz CT molecular complexity index is 521. The van der Waals surface area contributed by atoms with E-state index in [9.17, 15) is 5.11 Å². The summed E-state index contributed by atoms with van der Waals surface area (Å²) in [5, 5.41) is 10.0. The molecule has 0 amide bonds. The summed E-state index contributed by atoms with van der Waals surface area (Å²) in [6, 6.07) is 15.8. The van der Waals surface area contributed by atoms with Crippen molar-refractivity contribution in [2.24, 2.45) is 0 Å². The van der Waals surface area contributed by atoms with Crippen LogP contribution in [0, 0.1) is 0 Å². The normalized spacial score (nSPS) is 12.3. The van der Waals surface area contributed by atoms with Crippen LogP contribution in [0.15, 0.2) is 58.3 Å². The van der Waals surface area contributed by atoms with Gasteiger partial charge in [-0.1, -0.05) is 30.3 Å². The number of hydrogen-bond donors (Lipinski definition) is 1. The lowest BCUT2D eigenvalue weighted by Gasteiger charge is -2.13. The van der Waals surface area contributed by atoms with E-state index in [1.54, 1.807) is 23.5 Å². The predicted molar refractivity (Wildman–Crippen MR) is 86.2 cm³/mol. The molecular formula is C16H18O2S2. The summed E-state index contributed by atoms with van der Waals surface area (Å²) >= 11 is 3.42. The van der Waals surface area contributed by atoms with Crippen molar-refractivity contribution in [1.82, 2.24) is 0 Å². The second-order valence-corrected chi connectivity index (χ2v) is 6.05. The van der Waals surface area contributed by atoms with E-state index in [1.807, 2.05) is 30.3 Å². The molecule has 0 saturated carbocycles. The summed E-state index contributed by atoms with van der Waals surface area (Å²) in [6.45, 7) is 0.401. The van der Waals surface area contributed by atoms with Crippen molar-refractivity contribution >= 4 is 23.5 Å². The Morgan fingerprint density at radius 1 is 1.00 bits per heavy atom. The lowest BCUT2D eigenvalue weighted by molar-refractivity contribution is -0.112. The second-order valence-electron chi connectivity index (χ2n) is 4.29. The molecule has 106 valence electrons. The fourth-order valence-corrected chi connectivity index (χ4v) is 2.94. The van der Waals surface area contributed by atoms with Gasteiger partial charge in [0.2, 0.25) is 0 Å². The maximum Gasteiger partial charge on any atom is 0.181 e. The zero-order chi connectivity index (χ0) is 14.4. The molecule has 0 bridgehead atoms. The fourth-order valence-electron chi connectivity index (χ4n) is 1.84. The minimum atomic E-state index is -0.883. The molecule has 0 fully saturated rings. The fraction of sp³-hybridized carbons (Fsp3) is 0.250. The molecule has 2 aromatic carbocycles. The number of rotatable bonds is 6. The van der Waals surface area contributed by atoms with Crippen molar-refractivity contribution in [2.75, 3.05) is 12.5 Å². The molecule has 0 aliphatic rings. The van der Waals surface area contributed by atoms with Gasteiger partial charge in [0.15, 0.2) is 6.29 Å². The summed E-state index contributed by atoms with van der Waals surface area (Å²) in [7, 11) is 0. The minimum absolute atomic E-state index is 0.401. The smallest absolute Gasteiger partial charge is 0.181 e. The Balaban J connectivity index is 2.03. The van der Waals surface area contributed by atoms with Crippen LogP contribution in [0.2, 0.25) is 0 Å². The molecule has 0 aromatic heterocycles. The van der Waals surface area contributed by atoms with Crippen LogP contribution in [-0.4, -0.2) is 17.6 Å². The van der Waals surface area contributed by atoms with E-state index in [0.29, 0.717) is 6.61 Å². The van der Waals surface area contributed by atoms with Gasteiger partial charge in [-0.3, -0.25) is 0 Å². The molecular weight excluding hydrogens is 288 g/mol. The third kappa shape index (κ3) is 4.28. The largest absolute Gasteiger partial charge is 0.364 e. The van der Waals surface area contributed by atoms with Crippen molar-refractivity contribution in [2.45, 2.75) is 22.7 Å². The molecule has 4 heteroatoms. The zero-order valence-corrected chi connectivity index (χ0v) is 13.2. The topological polar surface area (TPSA) is 29.5 Å². The molecule has 0 aliphatic heterocycles. The lowest BCUT2D eigenvalue weighted by atomic mass is 10.2. The average molecular weight is 306 g/mol. The van der Waals surface area contributed by atoms with Crippen LogP contribution in [0.1, 0.15) is 17.4 Å². The molecule has 0 radical (unpaired) electrons. The maximum atomic E-state index is 10.0. The van der Waals surface area contributed by atoms with E-state index < -0.39 is 6.29 Å². The number of hydrogen-bond acceptors (Lipinski definition) is 4. The highest BCUT2D eigenvalue weighted by Gasteiger charge is 2.08. The Morgan fingerprint density at radius 2 is 1.60 bits per heavy atom. The highest BCUT2D eigenvalue weighted by molar-refractivity contribution is 7.99. The zero-order valence-electron chi connectivity index (χ0n) is 11.6. The van der Waals surface area contributed by atoms with Gasteiger partial charge < -0.3 is 9.84 Å². The van der Waals surface area contributed by atoms with Crippen LogP contribution in [0.5, 0.6) is 0 Å². The van der Waals surface area contributed by atoms with Gasteiger partial charge in [-0.25, -0.2) is 0 Å². The van der Waals surface area contributed by atoms with Crippen molar-refractivity contribution in [3.8, 4) is 0 Å². The van der Waals surface area contributed by atoms with Crippen LogP contribution in [0.25, 0.3) is 0 Å². The van der Waals surface area contributed by atoms with E-state index >= 15 is 0 Å². The third-order valence-electron chi connectivity index (χ3n) is 2.90. The lowest BCUT2D eigenvalue weighted by Crippen LogP contribution is -2.03. The van der Waals surface area contributed by atoms with Crippen LogP contribution < -0.4 is 0 Å². The highest BCUT2D eigenvalue weighted by atomic mass is 32.2. The van der Waals surface area contributed by atoms with E-state index in [0.717, 1.165) is 11.1 Å². The molecule has 1 atom stereocenters. The highest BCUT2D eigenvalue weighted by Crippen LogP contribution is 2.26. The molecule has 0 aliphatic carbocycles. The van der Waals surface area contributed by atoms with Gasteiger partial charge in [0.05, 0.1) is 6.61 Å². The van der Waals surface area contributed by atoms with E-state index in [-0.39, 0.29) is 0 Å². The molecule has 0 spiro atoms. The van der Waals surface area contributed by atoms with Gasteiger partial charge >= 0.3 is 0 Å². The third-order valence-corrected chi connectivity index (χ3v) is 4.32. The summed E-state index contributed by atoms with van der Waals surface area (Å²) in [6.07, 6.45) is 3.23. The number of thioether (sulfide) groups is 2. The first kappa shape index (κ1) is 15.4. The van der Waals surface area contributed by atoms with Gasteiger partial charge in [-0.2, -0.15) is 0 Å². The molecule has 2 rings (SSSR count). The van der Waals surface area contributed by atoms with Crippen LogP contribution in [0.3, 0.4) is 0 Å². The standard InChI is InChI=1S/C16H18O2S2/c1-19-14-8-12(9-15(10-14)20-2)11-18-16(17)13-6-4-3-5-7-13/h3-10,16-17H,11H2,1-2H3. The predicted octanol–water partition coefficient (Wildman–Crippen LogP) is 4.34. The Hall–Kier alpha value is -0.940.